The van der Waals surface area contributed by atoms with E-state index in [1.807, 2.05) is 0 Å². The van der Waals surface area contributed by atoms with Gasteiger partial charge in [-0.1, -0.05) is 6.08 Å². The molecule has 0 aromatic rings. The highest BCUT2D eigenvalue weighted by Gasteiger charge is 2.36. The monoisotopic (exact) mass is 196 g/mol. The number of allylic oxidation sites excluding steroid dienone is 1. The molecule has 1 amide bonds. The van der Waals surface area contributed by atoms with Crippen LogP contribution in [0.25, 0.3) is 0 Å². The van der Waals surface area contributed by atoms with Crippen LogP contribution in [-0.4, -0.2) is 33.8 Å². The lowest BCUT2D eigenvalue weighted by molar-refractivity contribution is -0.144. The Labute approximate surface area is 81.5 Å². The van der Waals surface area contributed by atoms with Gasteiger partial charge in [0.2, 0.25) is 0 Å². The molecule has 1 aliphatic heterocycles. The van der Waals surface area contributed by atoms with Crippen LogP contribution in [0.3, 0.4) is 0 Å². The normalized spacial score (nSPS) is 21.9. The van der Waals surface area contributed by atoms with Gasteiger partial charge < -0.3 is 5.11 Å². The van der Waals surface area contributed by atoms with Crippen molar-refractivity contribution in [3.63, 3.8) is 0 Å². The lowest BCUT2D eigenvalue weighted by atomic mass is 10.2. The first-order valence-corrected chi connectivity index (χ1v) is 4.34. The molecule has 76 valence electrons. The highest BCUT2D eigenvalue weighted by molar-refractivity contribution is 6.06. The summed E-state index contributed by atoms with van der Waals surface area (Å²) in [6.45, 7) is 1.67. The van der Waals surface area contributed by atoms with Crippen molar-refractivity contribution in [3.05, 3.63) is 12.2 Å². The van der Waals surface area contributed by atoms with E-state index in [0.29, 0.717) is 12.8 Å². The summed E-state index contributed by atoms with van der Waals surface area (Å²) in [5.41, 5.74) is 0. The fourth-order valence-electron chi connectivity index (χ4n) is 1.45. The summed E-state index contributed by atoms with van der Waals surface area (Å²) in [5, 5.41) is 16.3. The van der Waals surface area contributed by atoms with E-state index in [-0.39, 0.29) is 5.84 Å². The standard InChI is InChI=1S/C9H12N2O3/c1-2-3-8(12)11-6(9(13)14)4-5-7(11)10/h2-3,6,10H,4-5H2,1H3,(H,13,14)/b3-2-,10-7?/t6-/m0/s1. The summed E-state index contributed by atoms with van der Waals surface area (Å²) in [7, 11) is 0. The van der Waals surface area contributed by atoms with Gasteiger partial charge in [0.25, 0.3) is 5.91 Å². The molecule has 2 N–H and O–H groups in total. The summed E-state index contributed by atoms with van der Waals surface area (Å²) in [4.78, 5) is 23.2. The molecule has 1 aliphatic rings. The highest BCUT2D eigenvalue weighted by atomic mass is 16.4. The van der Waals surface area contributed by atoms with Crippen LogP contribution in [0, 0.1) is 5.41 Å². The highest BCUT2D eigenvalue weighted by Crippen LogP contribution is 2.19. The van der Waals surface area contributed by atoms with Crippen LogP contribution in [0.5, 0.6) is 0 Å². The first-order valence-electron chi connectivity index (χ1n) is 4.34. The average molecular weight is 196 g/mol. The van der Waals surface area contributed by atoms with Gasteiger partial charge in [-0.3, -0.25) is 15.1 Å². The van der Waals surface area contributed by atoms with Crippen molar-refractivity contribution >= 4 is 17.7 Å². The van der Waals surface area contributed by atoms with E-state index in [4.69, 9.17) is 10.5 Å². The summed E-state index contributed by atoms with van der Waals surface area (Å²) in [5.74, 6) is -1.40. The van der Waals surface area contributed by atoms with Gasteiger partial charge in [-0.15, -0.1) is 0 Å². The predicted octanol–water partition coefficient (Wildman–Crippen LogP) is 0.615. The van der Waals surface area contributed by atoms with Crippen molar-refractivity contribution in [2.75, 3.05) is 0 Å². The largest absolute Gasteiger partial charge is 0.480 e. The quantitative estimate of drug-likeness (QED) is 0.635. The smallest absolute Gasteiger partial charge is 0.326 e. The number of carboxylic acid groups (broad SMARTS) is 1. The number of carbonyl (C=O) groups is 2. The lowest BCUT2D eigenvalue weighted by Crippen LogP contribution is -2.41. The minimum Gasteiger partial charge on any atom is -0.480 e. The van der Waals surface area contributed by atoms with Crippen molar-refractivity contribution in [1.29, 1.82) is 5.41 Å². The zero-order chi connectivity index (χ0) is 10.7. The minimum absolute atomic E-state index is 0.0838. The van der Waals surface area contributed by atoms with Gasteiger partial charge in [0.15, 0.2) is 0 Å². The van der Waals surface area contributed by atoms with Gasteiger partial charge in [0.05, 0.1) is 0 Å². The molecule has 1 atom stereocenters. The Bertz CT molecular complexity index is 309. The second-order valence-corrected chi connectivity index (χ2v) is 3.05. The van der Waals surface area contributed by atoms with Gasteiger partial charge in [-0.05, 0) is 19.4 Å². The van der Waals surface area contributed by atoms with E-state index in [1.54, 1.807) is 6.92 Å². The molecule has 1 saturated heterocycles. The Hall–Kier alpha value is -1.65. The first kappa shape index (κ1) is 10.4. The Balaban J connectivity index is 2.87. The Morgan fingerprint density at radius 3 is 2.79 bits per heavy atom. The molecule has 0 radical (unpaired) electrons. The number of nitrogens with one attached hydrogen (secondary N) is 1. The molecule has 1 heterocycles. The number of amidine groups is 1. The summed E-state index contributed by atoms with van der Waals surface area (Å²) >= 11 is 0. The molecule has 0 aromatic heterocycles. The van der Waals surface area contributed by atoms with E-state index >= 15 is 0 Å². The Morgan fingerprint density at radius 2 is 2.29 bits per heavy atom. The summed E-state index contributed by atoms with van der Waals surface area (Å²) in [6, 6.07) is -0.869. The number of amides is 1. The molecule has 1 rings (SSSR count). The third kappa shape index (κ3) is 1.81. The molecule has 0 saturated carbocycles. The second-order valence-electron chi connectivity index (χ2n) is 3.05. The summed E-state index contributed by atoms with van der Waals surface area (Å²) in [6.07, 6.45) is 3.49. The van der Waals surface area contributed by atoms with Crippen LogP contribution in [0.2, 0.25) is 0 Å². The number of likely N-dealkylation sites (tertiary alicyclic amines) is 1. The molecule has 0 aromatic carbocycles. The van der Waals surface area contributed by atoms with Crippen LogP contribution < -0.4 is 0 Å². The topological polar surface area (TPSA) is 81.5 Å². The van der Waals surface area contributed by atoms with E-state index in [0.717, 1.165) is 4.90 Å². The second kappa shape index (κ2) is 4.04. The van der Waals surface area contributed by atoms with Gasteiger partial charge in [0.1, 0.15) is 11.9 Å². The Kier molecular flexibility index (Phi) is 3.01. The van der Waals surface area contributed by atoms with Gasteiger partial charge >= 0.3 is 5.97 Å². The van der Waals surface area contributed by atoms with Crippen LogP contribution >= 0.6 is 0 Å². The SMILES string of the molecule is C/C=C\C(=O)N1C(=N)CC[C@H]1C(=O)O. The molecule has 0 bridgehead atoms. The number of hydrogen-bond acceptors (Lipinski definition) is 3. The molecule has 0 unspecified atom stereocenters. The van der Waals surface area contributed by atoms with E-state index in [1.165, 1.54) is 12.2 Å². The molecule has 0 spiro atoms. The van der Waals surface area contributed by atoms with Gasteiger partial charge in [-0.25, -0.2) is 4.79 Å². The fourth-order valence-corrected chi connectivity index (χ4v) is 1.45. The first-order chi connectivity index (χ1) is 6.57. The van der Waals surface area contributed by atoms with Crippen molar-refractivity contribution in [3.8, 4) is 0 Å². The fraction of sp³-hybridized carbons (Fsp3) is 0.444. The van der Waals surface area contributed by atoms with Crippen LogP contribution in [0.1, 0.15) is 19.8 Å². The number of hydrogen-bond donors (Lipinski definition) is 2. The van der Waals surface area contributed by atoms with Gasteiger partial charge in [-0.2, -0.15) is 0 Å². The number of carboxylic acids is 1. The zero-order valence-electron chi connectivity index (χ0n) is 7.86. The van der Waals surface area contributed by atoms with Crippen molar-refractivity contribution in [2.24, 2.45) is 0 Å². The number of nitrogens with zero attached hydrogens (tertiary/aromatic N) is 1. The molecule has 5 nitrogen and oxygen atoms in total. The van der Waals surface area contributed by atoms with Crippen molar-refractivity contribution in [2.45, 2.75) is 25.8 Å². The maximum Gasteiger partial charge on any atom is 0.326 e. The molecule has 0 aliphatic carbocycles. The van der Waals surface area contributed by atoms with Crippen molar-refractivity contribution in [1.82, 2.24) is 4.90 Å². The third-order valence-electron chi connectivity index (χ3n) is 2.09. The lowest BCUT2D eigenvalue weighted by Gasteiger charge is -2.19. The van der Waals surface area contributed by atoms with E-state index < -0.39 is 17.9 Å². The van der Waals surface area contributed by atoms with Gasteiger partial charge in [0, 0.05) is 6.42 Å². The molecule has 5 heteroatoms. The third-order valence-corrected chi connectivity index (χ3v) is 2.09. The van der Waals surface area contributed by atoms with E-state index in [2.05, 4.69) is 0 Å². The van der Waals surface area contributed by atoms with Crippen LogP contribution in [0.15, 0.2) is 12.2 Å². The van der Waals surface area contributed by atoms with Crippen LogP contribution in [-0.2, 0) is 9.59 Å². The molecular weight excluding hydrogens is 184 g/mol. The molecule has 14 heavy (non-hydrogen) atoms. The average Bonchev–Trinajstić information content (AvgIpc) is 2.47. The number of carbonyl (C=O) groups excluding carboxylic acids is 1. The van der Waals surface area contributed by atoms with Crippen LogP contribution in [0.4, 0.5) is 0 Å². The number of rotatable bonds is 2. The van der Waals surface area contributed by atoms with Crippen molar-refractivity contribution < 1.29 is 14.7 Å². The summed E-state index contributed by atoms with van der Waals surface area (Å²) < 4.78 is 0. The number of aliphatic carboxylic acids is 1. The van der Waals surface area contributed by atoms with E-state index in [9.17, 15) is 9.59 Å². The maximum atomic E-state index is 11.4. The molecule has 1 fully saturated rings. The predicted molar refractivity (Wildman–Crippen MR) is 50.0 cm³/mol. The Morgan fingerprint density at radius 1 is 1.64 bits per heavy atom. The maximum absolute atomic E-state index is 11.4. The zero-order valence-corrected chi connectivity index (χ0v) is 7.86. The molecular formula is C9H12N2O3. The minimum atomic E-state index is -1.05.